The highest BCUT2D eigenvalue weighted by molar-refractivity contribution is 6.46. The summed E-state index contributed by atoms with van der Waals surface area (Å²) in [6.07, 6.45) is 3.59. The summed E-state index contributed by atoms with van der Waals surface area (Å²) in [4.78, 5) is 27.8. The van der Waals surface area contributed by atoms with E-state index >= 15 is 0 Å². The molecular formula is C25H26N2O4. The lowest BCUT2D eigenvalue weighted by Gasteiger charge is -2.25. The number of methoxy groups -OCH3 is 1. The molecule has 0 spiro atoms. The van der Waals surface area contributed by atoms with Crippen LogP contribution in [0.4, 0.5) is 0 Å². The Hall–Kier alpha value is -3.54. The number of likely N-dealkylation sites (tertiary alicyclic amines) is 1. The molecular weight excluding hydrogens is 392 g/mol. The van der Waals surface area contributed by atoms with Crippen molar-refractivity contribution in [1.29, 1.82) is 0 Å². The van der Waals surface area contributed by atoms with E-state index in [9.17, 15) is 14.7 Å². The average Bonchev–Trinajstić information content (AvgIpc) is 3.25. The predicted molar refractivity (Wildman–Crippen MR) is 120 cm³/mol. The molecule has 1 aliphatic heterocycles. The van der Waals surface area contributed by atoms with Crippen molar-refractivity contribution >= 4 is 28.4 Å². The Bertz CT molecular complexity index is 1190. The van der Waals surface area contributed by atoms with Gasteiger partial charge in [-0.25, -0.2) is 0 Å². The second-order valence-electron chi connectivity index (χ2n) is 7.76. The number of ether oxygens (including phenoxy) is 1. The van der Waals surface area contributed by atoms with Gasteiger partial charge in [-0.05, 0) is 24.6 Å². The van der Waals surface area contributed by atoms with Gasteiger partial charge in [0.2, 0.25) is 0 Å². The molecule has 31 heavy (non-hydrogen) atoms. The standard InChI is InChI=1S/C25H26N2O4/c1-4-5-14-27-22(18-15-26(2)19-12-8-6-10-16(18)19)21(24(29)25(27)30)23(28)17-11-7-9-13-20(17)31-3/h6-13,15,22,28H,4-5,14H2,1-3H3/b23-21+. The minimum atomic E-state index is -0.669. The lowest BCUT2D eigenvalue weighted by Crippen LogP contribution is -2.30. The number of carbonyl (C=O) groups excluding carboxylic acids is 2. The number of fused-ring (bicyclic) bond motifs is 1. The molecule has 0 saturated carbocycles. The first-order valence-corrected chi connectivity index (χ1v) is 10.4. The van der Waals surface area contributed by atoms with Gasteiger partial charge in [-0.3, -0.25) is 9.59 Å². The van der Waals surface area contributed by atoms with E-state index in [-0.39, 0.29) is 11.3 Å². The second-order valence-corrected chi connectivity index (χ2v) is 7.76. The van der Waals surface area contributed by atoms with Crippen LogP contribution >= 0.6 is 0 Å². The van der Waals surface area contributed by atoms with E-state index in [4.69, 9.17) is 4.74 Å². The molecule has 1 aliphatic rings. The molecule has 1 N–H and O–H groups in total. The molecule has 3 aromatic rings. The molecule has 4 rings (SSSR count). The number of aliphatic hydroxyl groups is 1. The van der Waals surface area contributed by atoms with Crippen LogP contribution in [0.15, 0.2) is 60.3 Å². The topological polar surface area (TPSA) is 71.8 Å². The molecule has 2 aromatic carbocycles. The molecule has 2 heterocycles. The Morgan fingerprint density at radius 3 is 2.55 bits per heavy atom. The minimum Gasteiger partial charge on any atom is -0.507 e. The normalized spacial score (nSPS) is 18.2. The van der Waals surface area contributed by atoms with E-state index in [1.165, 1.54) is 7.11 Å². The van der Waals surface area contributed by atoms with Crippen molar-refractivity contribution in [2.75, 3.05) is 13.7 Å². The maximum absolute atomic E-state index is 13.2. The first kappa shape index (κ1) is 20.7. The summed E-state index contributed by atoms with van der Waals surface area (Å²) in [6, 6.07) is 14.2. The van der Waals surface area contributed by atoms with Gasteiger partial charge in [0.25, 0.3) is 11.7 Å². The molecule has 160 valence electrons. The predicted octanol–water partition coefficient (Wildman–Crippen LogP) is 4.41. The fraction of sp³-hybridized carbons (Fsp3) is 0.280. The molecule has 1 saturated heterocycles. The van der Waals surface area contributed by atoms with E-state index in [0.717, 1.165) is 29.3 Å². The summed E-state index contributed by atoms with van der Waals surface area (Å²) in [7, 11) is 3.44. The van der Waals surface area contributed by atoms with Crippen molar-refractivity contribution in [3.63, 3.8) is 0 Å². The van der Waals surface area contributed by atoms with E-state index in [0.29, 0.717) is 17.9 Å². The number of rotatable bonds is 6. The molecule has 1 atom stereocenters. The SMILES string of the molecule is CCCCN1C(=O)C(=O)/C(=C(/O)c2ccccc2OC)C1c1cn(C)c2ccccc12. The number of ketones is 1. The highest BCUT2D eigenvalue weighted by Crippen LogP contribution is 2.43. The number of hydrogen-bond donors (Lipinski definition) is 1. The first-order chi connectivity index (χ1) is 15.0. The van der Waals surface area contributed by atoms with Crippen LogP contribution in [0.3, 0.4) is 0 Å². The molecule has 0 bridgehead atoms. The third kappa shape index (κ3) is 3.38. The molecule has 1 fully saturated rings. The summed E-state index contributed by atoms with van der Waals surface area (Å²) in [5.74, 6) is -1.02. The van der Waals surface area contributed by atoms with Crippen LogP contribution < -0.4 is 4.74 Å². The number of aliphatic hydroxyl groups excluding tert-OH is 1. The first-order valence-electron chi connectivity index (χ1n) is 10.4. The van der Waals surface area contributed by atoms with Gasteiger partial charge in [0.05, 0.1) is 24.3 Å². The summed E-state index contributed by atoms with van der Waals surface area (Å²) in [6.45, 7) is 2.48. The van der Waals surface area contributed by atoms with Gasteiger partial charge in [-0.1, -0.05) is 43.7 Å². The summed E-state index contributed by atoms with van der Waals surface area (Å²) in [5, 5.41) is 12.2. The van der Waals surface area contributed by atoms with Crippen LogP contribution in [-0.4, -0.2) is 39.9 Å². The Balaban J connectivity index is 1.98. The Labute approximate surface area is 181 Å². The zero-order valence-corrected chi connectivity index (χ0v) is 18.0. The number of aromatic nitrogens is 1. The summed E-state index contributed by atoms with van der Waals surface area (Å²) in [5.41, 5.74) is 2.31. The molecule has 1 unspecified atom stereocenters. The lowest BCUT2D eigenvalue weighted by atomic mass is 9.94. The van der Waals surface area contributed by atoms with Crippen molar-refractivity contribution in [3.8, 4) is 5.75 Å². The second kappa shape index (κ2) is 8.30. The van der Waals surface area contributed by atoms with E-state index < -0.39 is 17.7 Å². The number of unbranched alkanes of at least 4 members (excludes halogenated alkanes) is 1. The third-order valence-corrected chi connectivity index (χ3v) is 5.88. The largest absolute Gasteiger partial charge is 0.507 e. The highest BCUT2D eigenvalue weighted by Gasteiger charge is 2.46. The molecule has 6 nitrogen and oxygen atoms in total. The minimum absolute atomic E-state index is 0.0990. The van der Waals surface area contributed by atoms with Crippen LogP contribution in [0.2, 0.25) is 0 Å². The van der Waals surface area contributed by atoms with Gasteiger partial charge in [-0.2, -0.15) is 0 Å². The van der Waals surface area contributed by atoms with Crippen molar-refractivity contribution < 1.29 is 19.4 Å². The smallest absolute Gasteiger partial charge is 0.295 e. The third-order valence-electron chi connectivity index (χ3n) is 5.88. The van der Waals surface area contributed by atoms with Crippen molar-refractivity contribution in [1.82, 2.24) is 9.47 Å². The van der Waals surface area contributed by atoms with Crippen LogP contribution in [0.1, 0.15) is 36.9 Å². The number of Topliss-reactive ketones (excluding diaryl/α,β-unsaturated/α-hetero) is 1. The van der Waals surface area contributed by atoms with Gasteiger partial charge in [0, 0.05) is 36.3 Å². The van der Waals surface area contributed by atoms with Gasteiger partial charge in [0.1, 0.15) is 11.5 Å². The highest BCUT2D eigenvalue weighted by atomic mass is 16.5. The van der Waals surface area contributed by atoms with E-state index in [1.807, 2.05) is 49.0 Å². The molecule has 0 radical (unpaired) electrons. The zero-order chi connectivity index (χ0) is 22.1. The molecule has 1 aromatic heterocycles. The maximum Gasteiger partial charge on any atom is 0.295 e. The number of nitrogens with zero attached hydrogens (tertiary/aromatic N) is 2. The van der Waals surface area contributed by atoms with Crippen molar-refractivity contribution in [2.45, 2.75) is 25.8 Å². The monoisotopic (exact) mass is 418 g/mol. The van der Waals surface area contributed by atoms with Crippen LogP contribution in [0.5, 0.6) is 5.75 Å². The number of para-hydroxylation sites is 2. The summed E-state index contributed by atoms with van der Waals surface area (Å²) < 4.78 is 7.37. The zero-order valence-electron chi connectivity index (χ0n) is 18.0. The number of amides is 1. The van der Waals surface area contributed by atoms with E-state index in [1.54, 1.807) is 29.2 Å². The Morgan fingerprint density at radius 2 is 1.81 bits per heavy atom. The number of benzene rings is 2. The van der Waals surface area contributed by atoms with E-state index in [2.05, 4.69) is 0 Å². The van der Waals surface area contributed by atoms with Crippen LogP contribution in [0, 0.1) is 0 Å². The van der Waals surface area contributed by atoms with Crippen LogP contribution in [-0.2, 0) is 16.6 Å². The van der Waals surface area contributed by atoms with Gasteiger partial charge < -0.3 is 19.3 Å². The molecule has 6 heteroatoms. The van der Waals surface area contributed by atoms with Gasteiger partial charge in [0.15, 0.2) is 0 Å². The fourth-order valence-corrected chi connectivity index (χ4v) is 4.34. The summed E-state index contributed by atoms with van der Waals surface area (Å²) >= 11 is 0. The lowest BCUT2D eigenvalue weighted by molar-refractivity contribution is -0.139. The van der Waals surface area contributed by atoms with Gasteiger partial charge in [-0.15, -0.1) is 0 Å². The molecule has 0 aliphatic carbocycles. The average molecular weight is 418 g/mol. The number of hydrogen-bond acceptors (Lipinski definition) is 4. The van der Waals surface area contributed by atoms with Gasteiger partial charge >= 0.3 is 0 Å². The number of aryl methyl sites for hydroxylation is 1. The Morgan fingerprint density at radius 1 is 1.10 bits per heavy atom. The van der Waals surface area contributed by atoms with Crippen molar-refractivity contribution in [2.24, 2.45) is 7.05 Å². The number of carbonyl (C=O) groups is 2. The van der Waals surface area contributed by atoms with Crippen LogP contribution in [0.25, 0.3) is 16.7 Å². The maximum atomic E-state index is 13.2. The quantitative estimate of drug-likeness (QED) is 0.366. The fourth-order valence-electron chi connectivity index (χ4n) is 4.34. The Kier molecular flexibility index (Phi) is 5.55. The van der Waals surface area contributed by atoms with Crippen molar-refractivity contribution in [3.05, 3.63) is 71.4 Å². The molecule has 1 amide bonds.